The van der Waals surface area contributed by atoms with Crippen molar-refractivity contribution in [2.75, 3.05) is 0 Å². The highest BCUT2D eigenvalue weighted by atomic mass is 35.5. The molecule has 1 N–H and O–H groups in total. The number of carbonyl (C=O) groups is 2. The van der Waals surface area contributed by atoms with E-state index in [-0.39, 0.29) is 6.04 Å². The van der Waals surface area contributed by atoms with Gasteiger partial charge in [0.25, 0.3) is 0 Å². The Morgan fingerprint density at radius 2 is 1.95 bits per heavy atom. The fourth-order valence-corrected chi connectivity index (χ4v) is 2.06. The molecule has 1 amide bonds. The number of halogens is 1. The van der Waals surface area contributed by atoms with Crippen LogP contribution in [0.3, 0.4) is 0 Å². The lowest BCUT2D eigenvalue weighted by Gasteiger charge is -2.11. The van der Waals surface area contributed by atoms with Gasteiger partial charge in [0.05, 0.1) is 6.07 Å². The molecule has 0 spiro atoms. The minimum absolute atomic E-state index is 0.130. The number of hydrogen-bond acceptors (Lipinski definition) is 3. The van der Waals surface area contributed by atoms with Crippen molar-refractivity contribution in [1.82, 2.24) is 5.32 Å². The second-order valence-corrected chi connectivity index (χ2v) is 5.34. The summed E-state index contributed by atoms with van der Waals surface area (Å²) in [6.07, 6.45) is 1.29. The van der Waals surface area contributed by atoms with E-state index >= 15 is 0 Å². The number of benzene rings is 1. The Labute approximate surface area is 129 Å². The molecule has 0 bridgehead atoms. The van der Waals surface area contributed by atoms with Crippen LogP contribution in [0.1, 0.15) is 26.3 Å². The summed E-state index contributed by atoms with van der Waals surface area (Å²) in [5.41, 5.74) is 1.32. The summed E-state index contributed by atoms with van der Waals surface area (Å²) >= 11 is 6.05. The Hall–Kier alpha value is -2.12. The minimum Gasteiger partial charge on any atom is -0.352 e. The van der Waals surface area contributed by atoms with Gasteiger partial charge < -0.3 is 5.32 Å². The molecule has 0 aliphatic rings. The molecule has 110 valence electrons. The van der Waals surface area contributed by atoms with Gasteiger partial charge in [0.15, 0.2) is 11.7 Å². The van der Waals surface area contributed by atoms with Crippen molar-refractivity contribution < 1.29 is 9.59 Å². The van der Waals surface area contributed by atoms with E-state index in [1.807, 2.05) is 0 Å². The van der Waals surface area contributed by atoms with E-state index < -0.39 is 17.6 Å². The lowest BCUT2D eigenvalue weighted by atomic mass is 9.99. The number of hydrogen-bond donors (Lipinski definition) is 1. The van der Waals surface area contributed by atoms with E-state index in [0.29, 0.717) is 16.2 Å². The highest BCUT2D eigenvalue weighted by molar-refractivity contribution is 6.32. The first kappa shape index (κ1) is 16.9. The lowest BCUT2D eigenvalue weighted by Crippen LogP contribution is -2.38. The average Bonchev–Trinajstić information content (AvgIpc) is 2.38. The molecule has 0 saturated carbocycles. The summed E-state index contributed by atoms with van der Waals surface area (Å²) in [7, 11) is 0. The standard InChI is InChI=1S/C16H17ClN2O2/c1-10(2)19-16(21)13(9-18)15(20)8-11(3)12-6-4-5-7-14(12)17/h4-8,10,13H,1-3H3,(H,19,21)/b11-8+/t13-/m0/s1. The van der Waals surface area contributed by atoms with Crippen LogP contribution in [0.25, 0.3) is 5.57 Å². The van der Waals surface area contributed by atoms with E-state index in [0.717, 1.165) is 0 Å². The zero-order chi connectivity index (χ0) is 16.0. The van der Waals surface area contributed by atoms with E-state index in [2.05, 4.69) is 5.32 Å². The zero-order valence-electron chi connectivity index (χ0n) is 12.2. The van der Waals surface area contributed by atoms with Crippen LogP contribution >= 0.6 is 11.6 Å². The molecule has 4 nitrogen and oxygen atoms in total. The minimum atomic E-state index is -1.34. The fraction of sp³-hybridized carbons (Fsp3) is 0.312. The summed E-state index contributed by atoms with van der Waals surface area (Å²) in [5, 5.41) is 12.1. The molecule has 0 fully saturated rings. The molecule has 21 heavy (non-hydrogen) atoms. The third kappa shape index (κ3) is 4.73. The maximum Gasteiger partial charge on any atom is 0.245 e. The second kappa shape index (κ2) is 7.61. The molecule has 5 heteroatoms. The first-order chi connectivity index (χ1) is 9.86. The van der Waals surface area contributed by atoms with Crippen molar-refractivity contribution in [1.29, 1.82) is 5.26 Å². The number of allylic oxidation sites excluding steroid dienone is 2. The van der Waals surface area contributed by atoms with Crippen molar-refractivity contribution in [3.8, 4) is 6.07 Å². The van der Waals surface area contributed by atoms with Gasteiger partial charge in [-0.05, 0) is 44.1 Å². The molecule has 0 heterocycles. The number of nitriles is 1. The maximum atomic E-state index is 12.1. The Balaban J connectivity index is 2.97. The molecular weight excluding hydrogens is 288 g/mol. The average molecular weight is 305 g/mol. The number of amides is 1. The zero-order valence-corrected chi connectivity index (χ0v) is 12.9. The highest BCUT2D eigenvalue weighted by Gasteiger charge is 2.25. The van der Waals surface area contributed by atoms with Gasteiger partial charge in [0.1, 0.15) is 0 Å². The van der Waals surface area contributed by atoms with Crippen LogP contribution in [-0.4, -0.2) is 17.7 Å². The quantitative estimate of drug-likeness (QED) is 0.671. The summed E-state index contributed by atoms with van der Waals surface area (Å²) < 4.78 is 0. The largest absolute Gasteiger partial charge is 0.352 e. The second-order valence-electron chi connectivity index (χ2n) is 4.93. The van der Waals surface area contributed by atoms with Crippen LogP contribution in [-0.2, 0) is 9.59 Å². The molecule has 1 rings (SSSR count). The van der Waals surface area contributed by atoms with Crippen LogP contribution in [0, 0.1) is 17.2 Å². The monoisotopic (exact) mass is 304 g/mol. The molecule has 0 unspecified atom stereocenters. The van der Waals surface area contributed by atoms with Gasteiger partial charge in [-0.15, -0.1) is 0 Å². The van der Waals surface area contributed by atoms with Gasteiger partial charge >= 0.3 is 0 Å². The van der Waals surface area contributed by atoms with Crippen LogP contribution in [0.15, 0.2) is 30.3 Å². The molecular formula is C16H17ClN2O2. The molecule has 1 atom stereocenters. The summed E-state index contributed by atoms with van der Waals surface area (Å²) in [6, 6.07) is 8.69. The number of carbonyl (C=O) groups excluding carboxylic acids is 2. The number of ketones is 1. The molecule has 1 aromatic rings. The first-order valence-corrected chi connectivity index (χ1v) is 6.91. The number of nitrogens with zero attached hydrogens (tertiary/aromatic N) is 1. The van der Waals surface area contributed by atoms with Gasteiger partial charge in [-0.3, -0.25) is 9.59 Å². The smallest absolute Gasteiger partial charge is 0.245 e. The summed E-state index contributed by atoms with van der Waals surface area (Å²) in [6.45, 7) is 5.25. The third-order valence-electron chi connectivity index (χ3n) is 2.76. The molecule has 0 aromatic heterocycles. The van der Waals surface area contributed by atoms with E-state index in [9.17, 15) is 9.59 Å². The maximum absolute atomic E-state index is 12.1. The molecule has 0 saturated heterocycles. The Bertz CT molecular complexity index is 615. The topological polar surface area (TPSA) is 70.0 Å². The van der Waals surface area contributed by atoms with Gasteiger partial charge in [0.2, 0.25) is 5.91 Å². The van der Waals surface area contributed by atoms with Crippen molar-refractivity contribution in [3.63, 3.8) is 0 Å². The molecule has 1 aromatic carbocycles. The van der Waals surface area contributed by atoms with Gasteiger partial charge in [-0.1, -0.05) is 29.8 Å². The van der Waals surface area contributed by atoms with E-state index in [1.165, 1.54) is 6.08 Å². The van der Waals surface area contributed by atoms with E-state index in [4.69, 9.17) is 16.9 Å². The van der Waals surface area contributed by atoms with Crippen LogP contribution in [0.2, 0.25) is 5.02 Å². The van der Waals surface area contributed by atoms with Crippen molar-refractivity contribution in [2.45, 2.75) is 26.8 Å². The summed E-state index contributed by atoms with van der Waals surface area (Å²) in [4.78, 5) is 23.9. The van der Waals surface area contributed by atoms with Crippen LogP contribution < -0.4 is 5.32 Å². The highest BCUT2D eigenvalue weighted by Crippen LogP contribution is 2.23. The van der Waals surface area contributed by atoms with Gasteiger partial charge in [-0.25, -0.2) is 0 Å². The molecule has 0 aliphatic carbocycles. The third-order valence-corrected chi connectivity index (χ3v) is 3.09. The number of nitrogens with one attached hydrogen (secondary N) is 1. The molecule has 0 aliphatic heterocycles. The molecule has 0 radical (unpaired) electrons. The first-order valence-electron chi connectivity index (χ1n) is 6.53. The van der Waals surface area contributed by atoms with Crippen molar-refractivity contribution in [3.05, 3.63) is 40.9 Å². The Kier molecular flexibility index (Phi) is 6.13. The lowest BCUT2D eigenvalue weighted by molar-refractivity contribution is -0.129. The summed E-state index contributed by atoms with van der Waals surface area (Å²) in [5.74, 6) is -2.47. The Morgan fingerprint density at radius 3 is 2.48 bits per heavy atom. The van der Waals surface area contributed by atoms with Crippen LogP contribution in [0.5, 0.6) is 0 Å². The van der Waals surface area contributed by atoms with E-state index in [1.54, 1.807) is 51.1 Å². The van der Waals surface area contributed by atoms with Crippen LogP contribution in [0.4, 0.5) is 0 Å². The predicted molar refractivity (Wildman–Crippen MR) is 82.5 cm³/mol. The Morgan fingerprint density at radius 1 is 1.33 bits per heavy atom. The van der Waals surface area contributed by atoms with Crippen molar-refractivity contribution >= 4 is 28.9 Å². The SMILES string of the molecule is C/C(=C\C(=O)[C@H](C#N)C(=O)NC(C)C)c1ccccc1Cl. The van der Waals surface area contributed by atoms with Gasteiger partial charge in [0, 0.05) is 11.1 Å². The fourth-order valence-electron chi connectivity index (χ4n) is 1.77. The number of rotatable bonds is 5. The van der Waals surface area contributed by atoms with Gasteiger partial charge in [-0.2, -0.15) is 5.26 Å². The van der Waals surface area contributed by atoms with Crippen molar-refractivity contribution in [2.24, 2.45) is 5.92 Å². The predicted octanol–water partition coefficient (Wildman–Crippen LogP) is 2.98. The normalized spacial score (nSPS) is 12.7.